The van der Waals surface area contributed by atoms with E-state index in [1.807, 2.05) is 0 Å². The zero-order chi connectivity index (χ0) is 15.6. The van der Waals surface area contributed by atoms with Gasteiger partial charge in [0.15, 0.2) is 0 Å². The highest BCUT2D eigenvalue weighted by Gasteiger charge is 1.98. The molecule has 128 valence electrons. The second-order valence-electron chi connectivity index (χ2n) is 4.76. The fourth-order valence-corrected chi connectivity index (χ4v) is 1.35. The van der Waals surface area contributed by atoms with E-state index in [1.54, 1.807) is 0 Å². The van der Waals surface area contributed by atoms with Crippen LogP contribution in [0.2, 0.25) is 0 Å². The summed E-state index contributed by atoms with van der Waals surface area (Å²) in [5.74, 6) is 0.613. The van der Waals surface area contributed by atoms with E-state index in [9.17, 15) is 0 Å². The average Bonchev–Trinajstić information content (AvgIpc) is 2.50. The molecular formula is C15H32O6. The Morgan fingerprint density at radius 3 is 1.43 bits per heavy atom. The van der Waals surface area contributed by atoms with Crippen LogP contribution in [-0.4, -0.2) is 77.8 Å². The van der Waals surface area contributed by atoms with E-state index in [-0.39, 0.29) is 6.61 Å². The van der Waals surface area contributed by atoms with Crippen LogP contribution in [0.15, 0.2) is 0 Å². The van der Waals surface area contributed by atoms with E-state index in [4.69, 9.17) is 28.8 Å². The summed E-state index contributed by atoms with van der Waals surface area (Å²) in [5.41, 5.74) is 0. The van der Waals surface area contributed by atoms with Crippen LogP contribution in [0.4, 0.5) is 0 Å². The summed E-state index contributed by atoms with van der Waals surface area (Å²) in [4.78, 5) is 0. The molecule has 0 bridgehead atoms. The molecule has 6 nitrogen and oxygen atoms in total. The Labute approximate surface area is 128 Å². The molecule has 0 heterocycles. The molecule has 0 aromatic heterocycles. The Morgan fingerprint density at radius 2 is 1.05 bits per heavy atom. The van der Waals surface area contributed by atoms with E-state index in [0.29, 0.717) is 65.4 Å². The van der Waals surface area contributed by atoms with Crippen molar-refractivity contribution < 1.29 is 28.8 Å². The van der Waals surface area contributed by atoms with Gasteiger partial charge in [0.2, 0.25) is 0 Å². The summed E-state index contributed by atoms with van der Waals surface area (Å²) in [6, 6.07) is 0. The molecule has 0 rings (SSSR count). The van der Waals surface area contributed by atoms with Gasteiger partial charge < -0.3 is 28.8 Å². The quantitative estimate of drug-likeness (QED) is 0.406. The second kappa shape index (κ2) is 17.8. The zero-order valence-corrected chi connectivity index (χ0v) is 13.6. The lowest BCUT2D eigenvalue weighted by atomic mass is 10.1. The molecule has 1 unspecified atom stereocenters. The summed E-state index contributed by atoms with van der Waals surface area (Å²) in [6.07, 6.45) is 1.14. The molecule has 0 aliphatic heterocycles. The molecule has 0 aromatic carbocycles. The molecule has 0 fully saturated rings. The predicted octanol–water partition coefficient (Wildman–Crippen LogP) is 1.11. The van der Waals surface area contributed by atoms with E-state index < -0.39 is 0 Å². The monoisotopic (exact) mass is 308 g/mol. The highest BCUT2D eigenvalue weighted by atomic mass is 16.6. The molecule has 0 aliphatic carbocycles. The molecule has 1 N–H and O–H groups in total. The largest absolute Gasteiger partial charge is 0.394 e. The molecule has 0 saturated carbocycles. The van der Waals surface area contributed by atoms with Crippen molar-refractivity contribution in [2.45, 2.75) is 20.3 Å². The Bertz CT molecular complexity index is 191. The number of ether oxygens (including phenoxy) is 5. The van der Waals surface area contributed by atoms with Gasteiger partial charge in [-0.3, -0.25) is 0 Å². The number of aliphatic hydroxyl groups is 1. The van der Waals surface area contributed by atoms with Gasteiger partial charge in [0, 0.05) is 6.61 Å². The van der Waals surface area contributed by atoms with Gasteiger partial charge in [-0.15, -0.1) is 0 Å². The van der Waals surface area contributed by atoms with Crippen molar-refractivity contribution in [1.82, 2.24) is 0 Å². The fourth-order valence-electron chi connectivity index (χ4n) is 1.35. The normalized spacial score (nSPS) is 12.7. The van der Waals surface area contributed by atoms with Crippen LogP contribution in [0.3, 0.4) is 0 Å². The van der Waals surface area contributed by atoms with Gasteiger partial charge in [0.05, 0.1) is 66.1 Å². The standard InChI is InChI=1S/C15H32O6/c1-3-15(2)14-21-13-12-20-11-10-19-9-8-18-7-6-17-5-4-16/h15-16H,3-14H2,1-2H3. The third-order valence-electron chi connectivity index (χ3n) is 2.82. The van der Waals surface area contributed by atoms with E-state index >= 15 is 0 Å². The topological polar surface area (TPSA) is 66.4 Å². The van der Waals surface area contributed by atoms with Gasteiger partial charge in [0.1, 0.15) is 0 Å². The average molecular weight is 308 g/mol. The minimum Gasteiger partial charge on any atom is -0.394 e. The minimum absolute atomic E-state index is 0.0474. The summed E-state index contributed by atoms with van der Waals surface area (Å²) in [6.45, 7) is 10.0. The first-order valence-electron chi connectivity index (χ1n) is 7.80. The molecule has 0 aliphatic rings. The molecule has 0 spiro atoms. The molecular weight excluding hydrogens is 276 g/mol. The molecule has 0 radical (unpaired) electrons. The summed E-state index contributed by atoms with van der Waals surface area (Å²) in [7, 11) is 0. The number of hydrogen-bond donors (Lipinski definition) is 1. The first kappa shape index (κ1) is 20.8. The van der Waals surface area contributed by atoms with Crippen LogP contribution in [0.5, 0.6) is 0 Å². The second-order valence-corrected chi connectivity index (χ2v) is 4.76. The van der Waals surface area contributed by atoms with Crippen LogP contribution in [0.1, 0.15) is 20.3 Å². The summed E-state index contributed by atoms with van der Waals surface area (Å²) in [5, 5.41) is 8.49. The minimum atomic E-state index is 0.0474. The molecule has 6 heteroatoms. The van der Waals surface area contributed by atoms with Crippen LogP contribution in [0.25, 0.3) is 0 Å². The highest BCUT2D eigenvalue weighted by Crippen LogP contribution is 1.99. The van der Waals surface area contributed by atoms with Gasteiger partial charge in [-0.25, -0.2) is 0 Å². The summed E-state index contributed by atoms with van der Waals surface area (Å²) < 4.78 is 26.5. The van der Waals surface area contributed by atoms with Crippen LogP contribution in [-0.2, 0) is 23.7 Å². The van der Waals surface area contributed by atoms with Crippen molar-refractivity contribution in [3.63, 3.8) is 0 Å². The Morgan fingerprint density at radius 1 is 0.667 bits per heavy atom. The maximum absolute atomic E-state index is 8.49. The Balaban J connectivity index is 2.96. The fraction of sp³-hybridized carbons (Fsp3) is 1.00. The van der Waals surface area contributed by atoms with Crippen molar-refractivity contribution in [1.29, 1.82) is 0 Å². The zero-order valence-electron chi connectivity index (χ0n) is 13.6. The van der Waals surface area contributed by atoms with Crippen molar-refractivity contribution in [2.24, 2.45) is 5.92 Å². The van der Waals surface area contributed by atoms with Gasteiger partial charge >= 0.3 is 0 Å². The third kappa shape index (κ3) is 17.7. The first-order chi connectivity index (χ1) is 10.3. The molecule has 0 amide bonds. The number of rotatable bonds is 17. The van der Waals surface area contributed by atoms with E-state index in [1.165, 1.54) is 0 Å². The van der Waals surface area contributed by atoms with Crippen LogP contribution in [0, 0.1) is 5.92 Å². The van der Waals surface area contributed by atoms with Gasteiger partial charge in [-0.05, 0) is 5.92 Å². The van der Waals surface area contributed by atoms with Crippen molar-refractivity contribution >= 4 is 0 Å². The van der Waals surface area contributed by atoms with Gasteiger partial charge in [-0.1, -0.05) is 20.3 Å². The third-order valence-corrected chi connectivity index (χ3v) is 2.82. The van der Waals surface area contributed by atoms with Gasteiger partial charge in [-0.2, -0.15) is 0 Å². The van der Waals surface area contributed by atoms with Crippen LogP contribution < -0.4 is 0 Å². The Kier molecular flexibility index (Phi) is 17.6. The van der Waals surface area contributed by atoms with E-state index in [0.717, 1.165) is 13.0 Å². The molecule has 0 aromatic rings. The highest BCUT2D eigenvalue weighted by molar-refractivity contribution is 4.45. The lowest BCUT2D eigenvalue weighted by Gasteiger charge is -2.10. The molecule has 0 saturated heterocycles. The van der Waals surface area contributed by atoms with Crippen molar-refractivity contribution in [2.75, 3.05) is 72.7 Å². The molecule has 21 heavy (non-hydrogen) atoms. The predicted molar refractivity (Wildman–Crippen MR) is 80.6 cm³/mol. The first-order valence-corrected chi connectivity index (χ1v) is 7.80. The van der Waals surface area contributed by atoms with Gasteiger partial charge in [0.25, 0.3) is 0 Å². The maximum Gasteiger partial charge on any atom is 0.0701 e. The Hall–Kier alpha value is -0.240. The number of hydrogen-bond acceptors (Lipinski definition) is 6. The smallest absolute Gasteiger partial charge is 0.0701 e. The summed E-state index contributed by atoms with van der Waals surface area (Å²) >= 11 is 0. The van der Waals surface area contributed by atoms with Crippen LogP contribution >= 0.6 is 0 Å². The van der Waals surface area contributed by atoms with Crippen molar-refractivity contribution in [3.8, 4) is 0 Å². The van der Waals surface area contributed by atoms with E-state index in [2.05, 4.69) is 13.8 Å². The lowest BCUT2D eigenvalue weighted by molar-refractivity contribution is -0.0151. The number of aliphatic hydroxyl groups excluding tert-OH is 1. The molecule has 1 atom stereocenters. The SMILES string of the molecule is CCC(C)COCCOCCOCCOCCOCCO. The maximum atomic E-state index is 8.49. The van der Waals surface area contributed by atoms with Crippen molar-refractivity contribution in [3.05, 3.63) is 0 Å². The lowest BCUT2D eigenvalue weighted by Crippen LogP contribution is -2.14.